The molecule has 2 heterocycles. The van der Waals surface area contributed by atoms with Gasteiger partial charge in [-0.25, -0.2) is 8.42 Å². The molecule has 0 spiro atoms. The standard InChI is InChI=1S/C24H30ClN3O3S/c25-21-10-7-19(8-11-21)18-26-24(29)20-9-12-22(27-13-3-1-4-14-27)23(17-20)32(30,31)28-15-5-2-6-16-28/h7-12,17H,1-6,13-16,18H2,(H,26,29). The Kier molecular flexibility index (Phi) is 7.38. The zero-order valence-electron chi connectivity index (χ0n) is 18.2. The van der Waals surface area contributed by atoms with Crippen LogP contribution in [0.3, 0.4) is 0 Å². The van der Waals surface area contributed by atoms with E-state index in [0.717, 1.165) is 57.2 Å². The summed E-state index contributed by atoms with van der Waals surface area (Å²) in [5.74, 6) is -0.291. The van der Waals surface area contributed by atoms with Gasteiger partial charge in [-0.05, 0) is 68.0 Å². The molecule has 1 amide bonds. The Balaban J connectivity index is 1.61. The first kappa shape index (κ1) is 23.1. The van der Waals surface area contributed by atoms with E-state index in [2.05, 4.69) is 10.2 Å². The van der Waals surface area contributed by atoms with E-state index in [4.69, 9.17) is 11.6 Å². The number of halogens is 1. The maximum absolute atomic E-state index is 13.6. The van der Waals surface area contributed by atoms with Crippen molar-refractivity contribution in [3.63, 3.8) is 0 Å². The molecule has 0 aliphatic carbocycles. The summed E-state index contributed by atoms with van der Waals surface area (Å²) < 4.78 is 28.8. The van der Waals surface area contributed by atoms with Crippen molar-refractivity contribution in [2.45, 2.75) is 50.0 Å². The van der Waals surface area contributed by atoms with Crippen LogP contribution >= 0.6 is 11.6 Å². The molecule has 0 bridgehead atoms. The molecule has 32 heavy (non-hydrogen) atoms. The number of benzene rings is 2. The summed E-state index contributed by atoms with van der Waals surface area (Å²) in [5.41, 5.74) is 1.99. The van der Waals surface area contributed by atoms with Gasteiger partial charge in [-0.2, -0.15) is 4.31 Å². The SMILES string of the molecule is O=C(NCc1ccc(Cl)cc1)c1ccc(N2CCCCC2)c(S(=O)(=O)N2CCCCC2)c1. The van der Waals surface area contributed by atoms with Crippen molar-refractivity contribution in [2.24, 2.45) is 0 Å². The first-order valence-corrected chi connectivity index (χ1v) is 13.2. The predicted molar refractivity (Wildman–Crippen MR) is 128 cm³/mol. The molecule has 0 aromatic heterocycles. The molecule has 8 heteroatoms. The van der Waals surface area contributed by atoms with Crippen molar-refractivity contribution in [1.82, 2.24) is 9.62 Å². The number of nitrogens with one attached hydrogen (secondary N) is 1. The highest BCUT2D eigenvalue weighted by atomic mass is 35.5. The minimum atomic E-state index is -3.67. The van der Waals surface area contributed by atoms with Crippen LogP contribution in [-0.2, 0) is 16.6 Å². The minimum Gasteiger partial charge on any atom is -0.370 e. The normalized spacial score (nSPS) is 17.8. The van der Waals surface area contributed by atoms with E-state index in [0.29, 0.717) is 35.9 Å². The molecule has 2 aliphatic heterocycles. The third-order valence-electron chi connectivity index (χ3n) is 6.22. The van der Waals surface area contributed by atoms with E-state index >= 15 is 0 Å². The molecule has 2 aliphatic rings. The van der Waals surface area contributed by atoms with Gasteiger partial charge in [0.1, 0.15) is 4.90 Å². The molecule has 2 saturated heterocycles. The predicted octanol–water partition coefficient (Wildman–Crippen LogP) is 4.43. The van der Waals surface area contributed by atoms with Crippen molar-refractivity contribution in [3.8, 4) is 0 Å². The summed E-state index contributed by atoms with van der Waals surface area (Å²) in [6.45, 7) is 3.09. The second-order valence-electron chi connectivity index (χ2n) is 8.50. The van der Waals surface area contributed by atoms with Crippen molar-refractivity contribution >= 4 is 33.2 Å². The van der Waals surface area contributed by atoms with Crippen LogP contribution in [0, 0.1) is 0 Å². The van der Waals surface area contributed by atoms with Gasteiger partial charge >= 0.3 is 0 Å². The third-order valence-corrected chi connectivity index (χ3v) is 8.40. The molecule has 6 nitrogen and oxygen atoms in total. The number of carbonyl (C=O) groups is 1. The van der Waals surface area contributed by atoms with E-state index in [9.17, 15) is 13.2 Å². The average molecular weight is 476 g/mol. The lowest BCUT2D eigenvalue weighted by Gasteiger charge is -2.33. The third kappa shape index (κ3) is 5.27. The molecule has 4 rings (SSSR count). The topological polar surface area (TPSA) is 69.7 Å². The van der Waals surface area contributed by atoms with Gasteiger partial charge in [0.2, 0.25) is 10.0 Å². The Bertz CT molecular complexity index is 1040. The van der Waals surface area contributed by atoms with Crippen LogP contribution in [0.2, 0.25) is 5.02 Å². The Morgan fingerprint density at radius 2 is 1.50 bits per heavy atom. The molecule has 1 N–H and O–H groups in total. The first-order chi connectivity index (χ1) is 15.4. The highest BCUT2D eigenvalue weighted by molar-refractivity contribution is 7.89. The number of hydrogen-bond acceptors (Lipinski definition) is 4. The molecule has 2 fully saturated rings. The number of rotatable bonds is 6. The smallest absolute Gasteiger partial charge is 0.251 e. The Hall–Kier alpha value is -2.09. The Morgan fingerprint density at radius 3 is 2.16 bits per heavy atom. The number of anilines is 1. The second-order valence-corrected chi connectivity index (χ2v) is 10.8. The molecule has 0 unspecified atom stereocenters. The van der Waals surface area contributed by atoms with Crippen molar-refractivity contribution in [2.75, 3.05) is 31.1 Å². The zero-order valence-corrected chi connectivity index (χ0v) is 19.8. The van der Waals surface area contributed by atoms with E-state index in [1.54, 1.807) is 34.6 Å². The van der Waals surface area contributed by atoms with E-state index in [1.165, 1.54) is 0 Å². The lowest BCUT2D eigenvalue weighted by molar-refractivity contribution is 0.0950. The van der Waals surface area contributed by atoms with Crippen LogP contribution < -0.4 is 10.2 Å². The fourth-order valence-electron chi connectivity index (χ4n) is 4.39. The van der Waals surface area contributed by atoms with E-state index in [-0.39, 0.29) is 10.8 Å². The van der Waals surface area contributed by atoms with Gasteiger partial charge in [0, 0.05) is 43.3 Å². The summed E-state index contributed by atoms with van der Waals surface area (Å²) in [6.07, 6.45) is 6.06. The minimum absolute atomic E-state index is 0.250. The second kappa shape index (κ2) is 10.2. The van der Waals surface area contributed by atoms with Gasteiger partial charge in [-0.1, -0.05) is 30.2 Å². The van der Waals surface area contributed by atoms with Gasteiger partial charge in [0.05, 0.1) is 5.69 Å². The summed E-state index contributed by atoms with van der Waals surface area (Å²) in [5, 5.41) is 3.53. The molecule has 0 radical (unpaired) electrons. The molecule has 2 aromatic rings. The van der Waals surface area contributed by atoms with Crippen LogP contribution in [0.4, 0.5) is 5.69 Å². The molecule has 0 atom stereocenters. The van der Waals surface area contributed by atoms with Crippen LogP contribution in [0.5, 0.6) is 0 Å². The van der Waals surface area contributed by atoms with Gasteiger partial charge in [-0.15, -0.1) is 0 Å². The Labute approximate surface area is 195 Å². The van der Waals surface area contributed by atoms with Gasteiger partial charge in [0.25, 0.3) is 5.91 Å². The lowest BCUT2D eigenvalue weighted by atomic mass is 10.1. The van der Waals surface area contributed by atoms with Gasteiger partial charge in [-0.3, -0.25) is 4.79 Å². The van der Waals surface area contributed by atoms with E-state index in [1.807, 2.05) is 12.1 Å². The fraction of sp³-hybridized carbons (Fsp3) is 0.458. The highest BCUT2D eigenvalue weighted by Gasteiger charge is 2.31. The van der Waals surface area contributed by atoms with Gasteiger partial charge < -0.3 is 10.2 Å². The number of piperidine rings is 2. The first-order valence-electron chi connectivity index (χ1n) is 11.4. The lowest BCUT2D eigenvalue weighted by Crippen LogP contribution is -2.38. The monoisotopic (exact) mass is 475 g/mol. The fourth-order valence-corrected chi connectivity index (χ4v) is 6.27. The summed E-state index contributed by atoms with van der Waals surface area (Å²) in [7, 11) is -3.67. The molecular weight excluding hydrogens is 446 g/mol. The molecule has 0 saturated carbocycles. The van der Waals surface area contributed by atoms with Crippen LogP contribution in [-0.4, -0.2) is 44.8 Å². The number of hydrogen-bond donors (Lipinski definition) is 1. The van der Waals surface area contributed by atoms with Crippen LogP contribution in [0.1, 0.15) is 54.4 Å². The zero-order chi connectivity index (χ0) is 22.6. The van der Waals surface area contributed by atoms with Crippen molar-refractivity contribution in [3.05, 3.63) is 58.6 Å². The largest absolute Gasteiger partial charge is 0.370 e. The molecule has 2 aromatic carbocycles. The van der Waals surface area contributed by atoms with Crippen LogP contribution in [0.25, 0.3) is 0 Å². The van der Waals surface area contributed by atoms with Crippen molar-refractivity contribution < 1.29 is 13.2 Å². The number of nitrogens with zero attached hydrogens (tertiary/aromatic N) is 2. The highest BCUT2D eigenvalue weighted by Crippen LogP contribution is 2.32. The quantitative estimate of drug-likeness (QED) is 0.670. The summed E-state index contributed by atoms with van der Waals surface area (Å²) in [4.78, 5) is 15.3. The maximum atomic E-state index is 13.6. The molecule has 172 valence electrons. The van der Waals surface area contributed by atoms with Gasteiger partial charge in [0.15, 0.2) is 0 Å². The number of sulfonamides is 1. The Morgan fingerprint density at radius 1 is 0.875 bits per heavy atom. The number of amides is 1. The summed E-state index contributed by atoms with van der Waals surface area (Å²) >= 11 is 5.92. The average Bonchev–Trinajstić information content (AvgIpc) is 2.84. The van der Waals surface area contributed by atoms with E-state index < -0.39 is 10.0 Å². The summed E-state index contributed by atoms with van der Waals surface area (Å²) in [6, 6.07) is 12.4. The molecular formula is C24H30ClN3O3S. The van der Waals surface area contributed by atoms with Crippen molar-refractivity contribution in [1.29, 1.82) is 0 Å². The maximum Gasteiger partial charge on any atom is 0.251 e. The van der Waals surface area contributed by atoms with Crippen LogP contribution in [0.15, 0.2) is 47.4 Å². The number of carbonyl (C=O) groups excluding carboxylic acids is 1.